The van der Waals surface area contributed by atoms with E-state index in [1.807, 2.05) is 20.8 Å². The highest BCUT2D eigenvalue weighted by atomic mass is 79.9. The van der Waals surface area contributed by atoms with Gasteiger partial charge in [0.1, 0.15) is 17.8 Å². The van der Waals surface area contributed by atoms with E-state index in [9.17, 15) is 34.8 Å². The Morgan fingerprint density at radius 1 is 1.21 bits per heavy atom. The van der Waals surface area contributed by atoms with Crippen LogP contribution in [-0.4, -0.2) is 55.7 Å². The van der Waals surface area contributed by atoms with Crippen LogP contribution in [0.3, 0.4) is 0 Å². The average Bonchev–Trinajstić information content (AvgIpc) is 2.67. The van der Waals surface area contributed by atoms with E-state index in [0.717, 1.165) is 0 Å². The number of aromatic hydroxyl groups is 1. The van der Waals surface area contributed by atoms with Crippen molar-refractivity contribution in [3.05, 3.63) is 27.7 Å². The number of nitrogens with two attached hydrogens (primary N) is 1. The first kappa shape index (κ1) is 24.3. The number of carbonyl (C=O) groups excluding carboxylic acids is 3. The van der Waals surface area contributed by atoms with Gasteiger partial charge in [-0.05, 0) is 47.8 Å². The summed E-state index contributed by atoms with van der Waals surface area (Å²) in [5, 5.41) is 45.0. The molecule has 8 nitrogen and oxygen atoms in total. The second kappa shape index (κ2) is 7.34. The van der Waals surface area contributed by atoms with Crippen molar-refractivity contribution in [2.75, 3.05) is 0 Å². The molecule has 180 valence electrons. The molecule has 0 saturated heterocycles. The molecule has 2 unspecified atom stereocenters. The van der Waals surface area contributed by atoms with Crippen molar-refractivity contribution < 1.29 is 34.8 Å². The number of fused-ring (bicyclic) bond motifs is 3. The molecular weight excluding hydrogens is 494 g/mol. The zero-order valence-corrected chi connectivity index (χ0v) is 20.6. The number of primary amides is 1. The van der Waals surface area contributed by atoms with Gasteiger partial charge in [-0.3, -0.25) is 14.4 Å². The van der Waals surface area contributed by atoms with E-state index in [1.165, 1.54) is 6.07 Å². The van der Waals surface area contributed by atoms with Gasteiger partial charge in [0.15, 0.2) is 17.2 Å². The van der Waals surface area contributed by atoms with Crippen LogP contribution in [0.25, 0.3) is 0 Å². The molecule has 2 fully saturated rings. The topological polar surface area (TPSA) is 158 Å². The molecule has 1 aromatic rings. The molecule has 8 atom stereocenters. The molecule has 1 aromatic carbocycles. The van der Waals surface area contributed by atoms with Crippen molar-refractivity contribution in [1.82, 2.24) is 0 Å². The van der Waals surface area contributed by atoms with Gasteiger partial charge in [0.05, 0.1) is 17.6 Å². The molecule has 0 bridgehead atoms. The number of benzene rings is 1. The fourth-order valence-electron chi connectivity index (χ4n) is 7.50. The number of amides is 1. The quantitative estimate of drug-likeness (QED) is 0.365. The molecule has 0 heterocycles. The third kappa shape index (κ3) is 2.89. The minimum atomic E-state index is -2.49. The lowest BCUT2D eigenvalue weighted by Gasteiger charge is -2.66. The van der Waals surface area contributed by atoms with Crippen LogP contribution in [0.4, 0.5) is 0 Å². The first-order chi connectivity index (χ1) is 15.1. The molecule has 4 rings (SSSR count). The van der Waals surface area contributed by atoms with Crippen molar-refractivity contribution in [1.29, 1.82) is 0 Å². The molecule has 2 saturated carbocycles. The summed E-state index contributed by atoms with van der Waals surface area (Å²) in [4.78, 5) is 39.4. The van der Waals surface area contributed by atoms with E-state index in [1.54, 1.807) is 13.0 Å². The number of hydrogen-bond acceptors (Lipinski definition) is 7. The number of ketones is 2. The highest BCUT2D eigenvalue weighted by molar-refractivity contribution is 9.10. The molecule has 1 amide bonds. The molecule has 0 spiro atoms. The molecule has 0 radical (unpaired) electrons. The third-order valence-corrected chi connectivity index (χ3v) is 9.35. The zero-order valence-electron chi connectivity index (χ0n) is 19.0. The molecule has 9 heteroatoms. The van der Waals surface area contributed by atoms with Gasteiger partial charge >= 0.3 is 0 Å². The van der Waals surface area contributed by atoms with Crippen molar-refractivity contribution in [3.8, 4) is 5.75 Å². The molecule has 0 aromatic heterocycles. The standard InChI is InChI=1S/C24H30BrNO7/c1-9(2)15-18(29)14(21(26)32)19(30)24(33)20(31)16-17(28)13-10(11(25)5-6-12(13)27)7-22(16,3)8-23(15,24)4/h5-6,9,14-16,18,20,27,29,31,33H,7-8H2,1-4H3,(H2,26,32)/t14-,15+,16-,18?,20?,22-,23-,24+/m1/s1. The van der Waals surface area contributed by atoms with Crippen LogP contribution in [0.5, 0.6) is 5.75 Å². The van der Waals surface area contributed by atoms with Crippen LogP contribution < -0.4 is 5.73 Å². The largest absolute Gasteiger partial charge is 0.507 e. The van der Waals surface area contributed by atoms with E-state index in [0.29, 0.717) is 16.5 Å². The van der Waals surface area contributed by atoms with E-state index in [4.69, 9.17) is 5.73 Å². The minimum Gasteiger partial charge on any atom is -0.507 e. The van der Waals surface area contributed by atoms with Gasteiger partial charge in [-0.1, -0.05) is 43.6 Å². The summed E-state index contributed by atoms with van der Waals surface area (Å²) in [5.41, 5.74) is 1.36. The van der Waals surface area contributed by atoms with Crippen LogP contribution in [-0.2, 0) is 16.0 Å². The Bertz CT molecular complexity index is 1070. The number of aliphatic hydroxyl groups is 3. The Kier molecular flexibility index (Phi) is 5.41. The van der Waals surface area contributed by atoms with Crippen LogP contribution in [0.1, 0.15) is 50.0 Å². The van der Waals surface area contributed by atoms with Crippen LogP contribution in [0, 0.1) is 34.5 Å². The molecule has 3 aliphatic carbocycles. The summed E-state index contributed by atoms with van der Waals surface area (Å²) in [6.45, 7) is 7.07. The maximum absolute atomic E-state index is 13.7. The SMILES string of the molecule is CC(C)[C@H]1C(O)[C@@H](C(N)=O)C(=O)[C@]2(O)C(O)[C@H]3C(=O)c4c(O)ccc(Br)c4C[C@]3(C)C[C@]12C. The minimum absolute atomic E-state index is 0.0493. The number of carbonyl (C=O) groups is 3. The molecule has 6 N–H and O–H groups in total. The number of rotatable bonds is 2. The second-order valence-electron chi connectivity index (χ2n) is 10.9. The second-order valence-corrected chi connectivity index (χ2v) is 11.8. The predicted octanol–water partition coefficient (Wildman–Crippen LogP) is 1.34. The number of halogens is 1. The zero-order chi connectivity index (χ0) is 24.8. The summed E-state index contributed by atoms with van der Waals surface area (Å²) >= 11 is 3.45. The Hall–Kier alpha value is -1.81. The van der Waals surface area contributed by atoms with E-state index in [2.05, 4.69) is 15.9 Å². The van der Waals surface area contributed by atoms with Gasteiger partial charge in [-0.25, -0.2) is 0 Å². The average molecular weight is 524 g/mol. The van der Waals surface area contributed by atoms with Crippen molar-refractivity contribution >= 4 is 33.4 Å². The van der Waals surface area contributed by atoms with Crippen molar-refractivity contribution in [3.63, 3.8) is 0 Å². The summed E-state index contributed by atoms with van der Waals surface area (Å²) < 4.78 is 0.637. The Labute approximate surface area is 200 Å². The molecular formula is C24H30BrNO7. The summed E-state index contributed by atoms with van der Waals surface area (Å²) in [6, 6.07) is 3.02. The fourth-order valence-corrected chi connectivity index (χ4v) is 7.97. The highest BCUT2D eigenvalue weighted by Gasteiger charge is 2.75. The van der Waals surface area contributed by atoms with E-state index < -0.39 is 63.9 Å². The Balaban J connectivity index is 1.97. The van der Waals surface area contributed by atoms with E-state index in [-0.39, 0.29) is 23.7 Å². The van der Waals surface area contributed by atoms with Gasteiger partial charge < -0.3 is 26.2 Å². The fraction of sp³-hybridized carbons (Fsp3) is 0.625. The normalized spacial score (nSPS) is 42.5. The Morgan fingerprint density at radius 2 is 1.82 bits per heavy atom. The Morgan fingerprint density at radius 3 is 2.36 bits per heavy atom. The lowest BCUT2D eigenvalue weighted by molar-refractivity contribution is -0.265. The lowest BCUT2D eigenvalue weighted by Crippen LogP contribution is -2.79. The van der Waals surface area contributed by atoms with Crippen LogP contribution >= 0.6 is 15.9 Å². The van der Waals surface area contributed by atoms with Gasteiger partial charge in [-0.15, -0.1) is 0 Å². The van der Waals surface area contributed by atoms with Gasteiger partial charge in [-0.2, -0.15) is 0 Å². The van der Waals surface area contributed by atoms with Gasteiger partial charge in [0.25, 0.3) is 0 Å². The summed E-state index contributed by atoms with van der Waals surface area (Å²) in [7, 11) is 0. The first-order valence-corrected chi connectivity index (χ1v) is 11.9. The summed E-state index contributed by atoms with van der Waals surface area (Å²) in [6.07, 6.45) is -2.87. The number of Topliss-reactive ketones (excluding diaryl/α,β-unsaturated/α-hetero) is 2. The highest BCUT2D eigenvalue weighted by Crippen LogP contribution is 2.65. The smallest absolute Gasteiger partial charge is 0.230 e. The molecule has 3 aliphatic rings. The van der Waals surface area contributed by atoms with Crippen molar-refractivity contribution in [2.24, 2.45) is 40.2 Å². The summed E-state index contributed by atoms with van der Waals surface area (Å²) in [5.74, 6) is -6.91. The number of aliphatic hydroxyl groups excluding tert-OH is 2. The maximum atomic E-state index is 13.7. The predicted molar refractivity (Wildman–Crippen MR) is 121 cm³/mol. The first-order valence-electron chi connectivity index (χ1n) is 11.1. The maximum Gasteiger partial charge on any atom is 0.230 e. The van der Waals surface area contributed by atoms with Crippen LogP contribution in [0.2, 0.25) is 0 Å². The number of phenols is 1. The van der Waals surface area contributed by atoms with Gasteiger partial charge in [0, 0.05) is 9.89 Å². The number of phenolic OH excluding ortho intramolecular Hbond substituents is 1. The number of hydrogen-bond donors (Lipinski definition) is 5. The van der Waals surface area contributed by atoms with Gasteiger partial charge in [0.2, 0.25) is 5.91 Å². The van der Waals surface area contributed by atoms with Crippen molar-refractivity contribution in [2.45, 2.75) is 58.3 Å². The van der Waals surface area contributed by atoms with E-state index >= 15 is 0 Å². The monoisotopic (exact) mass is 523 g/mol. The van der Waals surface area contributed by atoms with Crippen LogP contribution in [0.15, 0.2) is 16.6 Å². The third-order valence-electron chi connectivity index (χ3n) is 8.61. The molecule has 33 heavy (non-hydrogen) atoms. The lowest BCUT2D eigenvalue weighted by atomic mass is 9.39. The molecule has 0 aliphatic heterocycles.